The Morgan fingerprint density at radius 3 is 2.45 bits per heavy atom. The number of nitrogens with one attached hydrogen (secondary N) is 1. The molecule has 1 aromatic heterocycles. The van der Waals surface area contributed by atoms with E-state index in [4.69, 9.17) is 9.73 Å². The van der Waals surface area contributed by atoms with E-state index in [2.05, 4.69) is 30.2 Å². The van der Waals surface area contributed by atoms with Crippen LogP contribution in [0.5, 0.6) is 5.88 Å². The first kappa shape index (κ1) is 31.3. The Bertz CT molecular complexity index is 1510. The van der Waals surface area contributed by atoms with Crippen LogP contribution >= 0.6 is 0 Å². The third kappa shape index (κ3) is 6.71. The van der Waals surface area contributed by atoms with E-state index in [0.29, 0.717) is 6.54 Å². The quantitative estimate of drug-likeness (QED) is 0.233. The fraction of sp³-hybridized carbons (Fsp3) is 0.483. The Hall–Kier alpha value is -3.61. The van der Waals surface area contributed by atoms with Crippen LogP contribution < -0.4 is 9.46 Å². The summed E-state index contributed by atoms with van der Waals surface area (Å²) in [5.74, 6) is -2.06. The van der Waals surface area contributed by atoms with Crippen LogP contribution in [-0.4, -0.2) is 59.2 Å². The number of amidine groups is 1. The predicted molar refractivity (Wildman–Crippen MR) is 153 cm³/mol. The standard InChI is InChI=1S/C29H36F3N5O4S/c1-7-23(37-15-14-24(34-37)41-22-16-21(22)29(30,31)32)33-25(36-18-28(6,8-2)17-27(36,4)5)19(3)26(38)35-42(39,40)20-12-10-9-11-13-20/h7,9-15,21-22H,3,8,16-18H2,1-2,4-6H3,(H,35,38)/b23-7+,33-25?/t21-,22?,28+/m1/s1. The van der Waals surface area contributed by atoms with Crippen LogP contribution in [0.25, 0.3) is 5.82 Å². The molecule has 0 bridgehead atoms. The summed E-state index contributed by atoms with van der Waals surface area (Å²) in [7, 11) is -4.18. The highest BCUT2D eigenvalue weighted by Crippen LogP contribution is 2.47. The number of benzene rings is 1. The number of alkyl halides is 3. The summed E-state index contributed by atoms with van der Waals surface area (Å²) in [5.41, 5.74) is -0.753. The number of halogens is 3. The molecule has 13 heteroatoms. The van der Waals surface area contributed by atoms with E-state index in [0.717, 1.165) is 12.8 Å². The van der Waals surface area contributed by atoms with Gasteiger partial charge in [-0.25, -0.2) is 22.8 Å². The van der Waals surface area contributed by atoms with Gasteiger partial charge in [-0.05, 0) is 63.7 Å². The molecule has 1 saturated heterocycles. The van der Waals surface area contributed by atoms with Gasteiger partial charge in [0, 0.05) is 24.3 Å². The molecule has 42 heavy (non-hydrogen) atoms. The Morgan fingerprint density at radius 2 is 1.90 bits per heavy atom. The van der Waals surface area contributed by atoms with Crippen molar-refractivity contribution in [2.45, 2.75) is 76.6 Å². The number of carbonyl (C=O) groups excluding carboxylic acids is 1. The molecule has 1 aliphatic carbocycles. The van der Waals surface area contributed by atoms with Gasteiger partial charge in [-0.2, -0.15) is 13.2 Å². The van der Waals surface area contributed by atoms with Gasteiger partial charge in [-0.15, -0.1) is 5.10 Å². The molecule has 1 N–H and O–H groups in total. The topological polar surface area (TPSA) is 106 Å². The van der Waals surface area contributed by atoms with Gasteiger partial charge in [-0.1, -0.05) is 38.6 Å². The molecule has 2 aromatic rings. The lowest BCUT2D eigenvalue weighted by molar-refractivity contribution is -0.153. The largest absolute Gasteiger partial charge is 0.473 e. The maximum absolute atomic E-state index is 13.4. The number of carbonyl (C=O) groups is 1. The molecule has 1 unspecified atom stereocenters. The SMILES string of the molecule is C=C(C(=O)NS(=O)(=O)c1ccccc1)C(=N/C(=C\C)n1ccc(OC2C[C@H]2C(F)(F)F)n1)N1C[C@@](C)(CC)CC1(C)C. The summed E-state index contributed by atoms with van der Waals surface area (Å²) in [6, 6.07) is 8.94. The number of sulfonamides is 1. The summed E-state index contributed by atoms with van der Waals surface area (Å²) in [4.78, 5) is 20.0. The van der Waals surface area contributed by atoms with Gasteiger partial charge in [0.2, 0.25) is 5.88 Å². The Morgan fingerprint density at radius 1 is 1.24 bits per heavy atom. The molecular weight excluding hydrogens is 571 g/mol. The van der Waals surface area contributed by atoms with Crippen molar-refractivity contribution in [2.75, 3.05) is 6.54 Å². The zero-order valence-electron chi connectivity index (χ0n) is 24.3. The highest BCUT2D eigenvalue weighted by molar-refractivity contribution is 7.90. The number of ether oxygens (including phenoxy) is 1. The molecule has 1 amide bonds. The number of hydrogen-bond donors (Lipinski definition) is 1. The average molecular weight is 608 g/mol. The third-order valence-electron chi connectivity index (χ3n) is 7.77. The van der Waals surface area contributed by atoms with Gasteiger partial charge < -0.3 is 9.64 Å². The van der Waals surface area contributed by atoms with Crippen molar-refractivity contribution in [3.63, 3.8) is 0 Å². The summed E-state index contributed by atoms with van der Waals surface area (Å²) >= 11 is 0. The molecule has 0 spiro atoms. The highest BCUT2D eigenvalue weighted by atomic mass is 32.2. The smallest absolute Gasteiger partial charge is 0.395 e. The maximum Gasteiger partial charge on any atom is 0.395 e. The van der Waals surface area contributed by atoms with E-state index in [-0.39, 0.29) is 39.8 Å². The Balaban J connectivity index is 1.66. The summed E-state index contributed by atoms with van der Waals surface area (Å²) in [6.07, 6.45) is -0.710. The molecule has 1 aliphatic heterocycles. The lowest BCUT2D eigenvalue weighted by Crippen LogP contribution is -2.46. The number of nitrogens with zero attached hydrogens (tertiary/aromatic N) is 4. The van der Waals surface area contributed by atoms with Crippen molar-refractivity contribution in [3.8, 4) is 5.88 Å². The van der Waals surface area contributed by atoms with Crippen LogP contribution in [0.1, 0.15) is 53.9 Å². The minimum absolute atomic E-state index is 0.00781. The number of allylic oxidation sites excluding steroid dienone is 1. The number of aliphatic imine (C=N–C) groups is 1. The van der Waals surface area contributed by atoms with Crippen LogP contribution in [-0.2, 0) is 14.8 Å². The van der Waals surface area contributed by atoms with Crippen LogP contribution in [0.4, 0.5) is 13.2 Å². The number of aromatic nitrogens is 2. The molecule has 2 fully saturated rings. The van der Waals surface area contributed by atoms with Gasteiger partial charge >= 0.3 is 6.18 Å². The molecule has 0 radical (unpaired) electrons. The minimum atomic E-state index is -4.33. The second-order valence-corrected chi connectivity index (χ2v) is 13.4. The molecule has 2 heterocycles. The monoisotopic (exact) mass is 607 g/mol. The first-order chi connectivity index (χ1) is 19.5. The van der Waals surface area contributed by atoms with Crippen molar-refractivity contribution in [1.82, 2.24) is 19.4 Å². The van der Waals surface area contributed by atoms with E-state index < -0.39 is 39.7 Å². The van der Waals surface area contributed by atoms with Crippen LogP contribution in [0.2, 0.25) is 0 Å². The van der Waals surface area contributed by atoms with Crippen molar-refractivity contribution >= 4 is 27.6 Å². The van der Waals surface area contributed by atoms with Crippen molar-refractivity contribution in [1.29, 1.82) is 0 Å². The lowest BCUT2D eigenvalue weighted by atomic mass is 9.82. The Kier molecular flexibility index (Phi) is 8.38. The summed E-state index contributed by atoms with van der Waals surface area (Å²) in [6.45, 7) is 14.4. The predicted octanol–water partition coefficient (Wildman–Crippen LogP) is 5.39. The molecule has 228 valence electrons. The number of amides is 1. The second kappa shape index (κ2) is 11.2. The van der Waals surface area contributed by atoms with Crippen LogP contribution in [0.15, 0.2) is 70.7 Å². The highest BCUT2D eigenvalue weighted by Gasteiger charge is 2.58. The number of likely N-dealkylation sites (tertiary alicyclic amines) is 1. The van der Waals surface area contributed by atoms with Crippen molar-refractivity contribution in [3.05, 3.63) is 60.8 Å². The van der Waals surface area contributed by atoms with E-state index in [9.17, 15) is 26.4 Å². The third-order valence-corrected chi connectivity index (χ3v) is 9.11. The van der Waals surface area contributed by atoms with E-state index in [1.165, 1.54) is 29.1 Å². The van der Waals surface area contributed by atoms with Crippen molar-refractivity contribution in [2.24, 2.45) is 16.3 Å². The number of hydrogen-bond acceptors (Lipinski definition) is 6. The van der Waals surface area contributed by atoms with E-state index in [1.807, 2.05) is 18.7 Å². The van der Waals surface area contributed by atoms with Gasteiger partial charge in [0.05, 0.1) is 16.4 Å². The normalized spacial score (nSPS) is 24.4. The van der Waals surface area contributed by atoms with E-state index in [1.54, 1.807) is 31.2 Å². The molecular formula is C29H36F3N5O4S. The maximum atomic E-state index is 13.4. The first-order valence-electron chi connectivity index (χ1n) is 13.6. The average Bonchev–Trinajstić information content (AvgIpc) is 3.47. The fourth-order valence-electron chi connectivity index (χ4n) is 5.28. The minimum Gasteiger partial charge on any atom is -0.473 e. The zero-order valence-corrected chi connectivity index (χ0v) is 25.1. The fourth-order valence-corrected chi connectivity index (χ4v) is 6.28. The molecule has 1 saturated carbocycles. The molecule has 9 nitrogen and oxygen atoms in total. The van der Waals surface area contributed by atoms with E-state index >= 15 is 0 Å². The van der Waals surface area contributed by atoms with Crippen LogP contribution in [0.3, 0.4) is 0 Å². The van der Waals surface area contributed by atoms with Gasteiger partial charge in [0.1, 0.15) is 11.9 Å². The molecule has 2 aliphatic rings. The molecule has 1 aromatic carbocycles. The van der Waals surface area contributed by atoms with Crippen LogP contribution in [0, 0.1) is 11.3 Å². The number of rotatable bonds is 9. The first-order valence-corrected chi connectivity index (χ1v) is 15.1. The van der Waals surface area contributed by atoms with Gasteiger partial charge in [0.25, 0.3) is 15.9 Å². The summed E-state index contributed by atoms with van der Waals surface area (Å²) in [5, 5.41) is 4.25. The molecule has 4 rings (SSSR count). The second-order valence-electron chi connectivity index (χ2n) is 11.7. The summed E-state index contributed by atoms with van der Waals surface area (Å²) < 4.78 is 73.5. The van der Waals surface area contributed by atoms with Crippen molar-refractivity contribution < 1.29 is 31.1 Å². The zero-order chi connectivity index (χ0) is 31.1. The lowest BCUT2D eigenvalue weighted by Gasteiger charge is -2.35. The van der Waals surface area contributed by atoms with Gasteiger partial charge in [0.15, 0.2) is 5.82 Å². The van der Waals surface area contributed by atoms with Gasteiger partial charge in [-0.3, -0.25) is 4.79 Å². The Labute approximate surface area is 244 Å². The molecule has 3 atom stereocenters.